The second-order valence-corrected chi connectivity index (χ2v) is 5.13. The summed E-state index contributed by atoms with van der Waals surface area (Å²) in [4.78, 5) is 11.3. The van der Waals surface area contributed by atoms with E-state index < -0.39 is 0 Å². The Hall–Kier alpha value is -1.57. The molecule has 0 saturated heterocycles. The van der Waals surface area contributed by atoms with Gasteiger partial charge in [0.2, 0.25) is 0 Å². The van der Waals surface area contributed by atoms with Gasteiger partial charge >= 0.3 is 5.97 Å². The van der Waals surface area contributed by atoms with E-state index in [2.05, 4.69) is 38.1 Å². The molecule has 18 heavy (non-hydrogen) atoms. The van der Waals surface area contributed by atoms with Gasteiger partial charge in [0.05, 0.1) is 5.92 Å². The van der Waals surface area contributed by atoms with E-state index in [1.807, 2.05) is 12.2 Å². The molecule has 2 nitrogen and oxygen atoms in total. The van der Waals surface area contributed by atoms with Crippen LogP contribution in [-0.2, 0) is 9.53 Å². The van der Waals surface area contributed by atoms with E-state index in [-0.39, 0.29) is 11.9 Å². The monoisotopic (exact) mass is 244 g/mol. The number of carbonyl (C=O) groups excluding carboxylic acids is 1. The quantitative estimate of drug-likeness (QED) is 0.737. The Balaban J connectivity index is 1.79. The first kappa shape index (κ1) is 12.9. The Morgan fingerprint density at radius 1 is 1.33 bits per heavy atom. The molecule has 0 aliphatic heterocycles. The highest BCUT2D eigenvalue weighted by atomic mass is 16.5. The van der Waals surface area contributed by atoms with Crippen molar-refractivity contribution in [1.82, 2.24) is 0 Å². The van der Waals surface area contributed by atoms with Gasteiger partial charge in [0.25, 0.3) is 0 Å². The summed E-state index contributed by atoms with van der Waals surface area (Å²) in [7, 11) is 0. The number of rotatable bonds is 5. The molecule has 1 fully saturated rings. The molecule has 1 aliphatic rings. The zero-order chi connectivity index (χ0) is 13.0. The fourth-order valence-electron chi connectivity index (χ4n) is 1.74. The lowest BCUT2D eigenvalue weighted by Crippen LogP contribution is -2.05. The van der Waals surface area contributed by atoms with Gasteiger partial charge in [-0.25, -0.2) is 0 Å². The highest BCUT2D eigenvalue weighted by Gasteiger charge is 2.30. The van der Waals surface area contributed by atoms with E-state index in [0.717, 1.165) is 18.4 Å². The number of hydrogen-bond acceptors (Lipinski definition) is 2. The molecule has 0 aromatic heterocycles. The lowest BCUT2D eigenvalue weighted by atomic mass is 10.0. The third-order valence-electron chi connectivity index (χ3n) is 3.15. The zero-order valence-corrected chi connectivity index (χ0v) is 11.1. The predicted octanol–water partition coefficient (Wildman–Crippen LogP) is 3.78. The summed E-state index contributed by atoms with van der Waals surface area (Å²) >= 11 is 0. The predicted molar refractivity (Wildman–Crippen MR) is 73.2 cm³/mol. The first-order chi connectivity index (χ1) is 8.66. The Labute approximate surface area is 109 Å². The maximum atomic E-state index is 11.3. The van der Waals surface area contributed by atoms with E-state index in [1.165, 1.54) is 5.56 Å². The zero-order valence-electron chi connectivity index (χ0n) is 11.1. The number of esters is 1. The maximum Gasteiger partial charge on any atom is 0.309 e. The number of hydrogen-bond donors (Lipinski definition) is 0. The van der Waals surface area contributed by atoms with Gasteiger partial charge in [0.1, 0.15) is 6.61 Å². The third kappa shape index (κ3) is 3.73. The molecule has 1 aromatic rings. The molecule has 0 amide bonds. The van der Waals surface area contributed by atoms with Crippen LogP contribution in [0.2, 0.25) is 0 Å². The van der Waals surface area contributed by atoms with Gasteiger partial charge < -0.3 is 4.74 Å². The lowest BCUT2D eigenvalue weighted by Gasteiger charge is -2.04. The van der Waals surface area contributed by atoms with Crippen molar-refractivity contribution >= 4 is 12.0 Å². The topological polar surface area (TPSA) is 26.3 Å². The van der Waals surface area contributed by atoms with Crippen molar-refractivity contribution in [3.05, 3.63) is 41.5 Å². The van der Waals surface area contributed by atoms with Gasteiger partial charge in [-0.05, 0) is 36.0 Å². The van der Waals surface area contributed by atoms with Crippen molar-refractivity contribution in [1.29, 1.82) is 0 Å². The summed E-state index contributed by atoms with van der Waals surface area (Å²) in [5, 5.41) is 0. The molecule has 2 rings (SSSR count). The molecule has 0 spiro atoms. The van der Waals surface area contributed by atoms with Crippen LogP contribution in [0.5, 0.6) is 0 Å². The summed E-state index contributed by atoms with van der Waals surface area (Å²) in [6, 6.07) is 8.46. The number of benzene rings is 1. The Bertz CT molecular complexity index is 425. The van der Waals surface area contributed by atoms with Crippen LogP contribution in [0.25, 0.3) is 6.08 Å². The van der Waals surface area contributed by atoms with Gasteiger partial charge in [-0.15, -0.1) is 0 Å². The van der Waals surface area contributed by atoms with E-state index in [9.17, 15) is 4.79 Å². The van der Waals surface area contributed by atoms with E-state index in [4.69, 9.17) is 4.74 Å². The molecule has 2 heteroatoms. The molecule has 1 aliphatic carbocycles. The van der Waals surface area contributed by atoms with E-state index in [0.29, 0.717) is 12.5 Å². The summed E-state index contributed by atoms with van der Waals surface area (Å²) in [6.45, 7) is 4.74. The fraction of sp³-hybridized carbons (Fsp3) is 0.438. The molecule has 0 radical (unpaired) electrons. The highest BCUT2D eigenvalue weighted by Crippen LogP contribution is 2.29. The average Bonchev–Trinajstić information content (AvgIpc) is 3.19. The first-order valence-electron chi connectivity index (χ1n) is 6.60. The van der Waals surface area contributed by atoms with E-state index >= 15 is 0 Å². The molecular formula is C16H20O2. The average molecular weight is 244 g/mol. The first-order valence-corrected chi connectivity index (χ1v) is 6.60. The van der Waals surface area contributed by atoms with Crippen LogP contribution in [0.4, 0.5) is 0 Å². The van der Waals surface area contributed by atoms with Gasteiger partial charge in [-0.2, -0.15) is 0 Å². The van der Waals surface area contributed by atoms with E-state index in [1.54, 1.807) is 0 Å². The minimum Gasteiger partial charge on any atom is -0.461 e. The second-order valence-electron chi connectivity index (χ2n) is 5.13. The van der Waals surface area contributed by atoms with Crippen molar-refractivity contribution in [2.45, 2.75) is 32.6 Å². The minimum atomic E-state index is -0.0465. The van der Waals surface area contributed by atoms with Gasteiger partial charge in [-0.1, -0.05) is 44.2 Å². The van der Waals surface area contributed by atoms with Crippen LogP contribution < -0.4 is 0 Å². The Kier molecular flexibility index (Phi) is 4.19. The van der Waals surface area contributed by atoms with Crippen molar-refractivity contribution in [3.63, 3.8) is 0 Å². The van der Waals surface area contributed by atoms with Gasteiger partial charge in [0, 0.05) is 0 Å². The van der Waals surface area contributed by atoms with Crippen LogP contribution in [0.15, 0.2) is 30.3 Å². The smallest absolute Gasteiger partial charge is 0.309 e. The standard InChI is InChI=1S/C16H20O2/c1-12(2)14-7-5-13(6-8-14)4-3-11-18-16(17)15-9-10-15/h3-8,12,15H,9-11H2,1-2H3. The van der Waals surface area contributed by atoms with Crippen LogP contribution in [-0.4, -0.2) is 12.6 Å². The number of carbonyl (C=O) groups is 1. The SMILES string of the molecule is CC(C)c1ccc(C=CCOC(=O)C2CC2)cc1. The molecule has 1 saturated carbocycles. The lowest BCUT2D eigenvalue weighted by molar-refractivity contribution is -0.143. The van der Waals surface area contributed by atoms with Crippen LogP contribution >= 0.6 is 0 Å². The largest absolute Gasteiger partial charge is 0.461 e. The molecule has 0 unspecified atom stereocenters. The van der Waals surface area contributed by atoms with Crippen molar-refractivity contribution in [2.24, 2.45) is 5.92 Å². The second kappa shape index (κ2) is 5.85. The van der Waals surface area contributed by atoms with Crippen LogP contribution in [0.1, 0.15) is 43.7 Å². The molecule has 0 atom stereocenters. The van der Waals surface area contributed by atoms with Crippen LogP contribution in [0.3, 0.4) is 0 Å². The fourth-order valence-corrected chi connectivity index (χ4v) is 1.74. The molecule has 0 heterocycles. The summed E-state index contributed by atoms with van der Waals surface area (Å²) < 4.78 is 5.12. The molecule has 0 bridgehead atoms. The summed E-state index contributed by atoms with van der Waals surface area (Å²) in [6.07, 6.45) is 5.88. The maximum absolute atomic E-state index is 11.3. The summed E-state index contributed by atoms with van der Waals surface area (Å²) in [5.41, 5.74) is 2.48. The van der Waals surface area contributed by atoms with Gasteiger partial charge in [-0.3, -0.25) is 4.79 Å². The molecular weight excluding hydrogens is 224 g/mol. The van der Waals surface area contributed by atoms with Crippen molar-refractivity contribution in [3.8, 4) is 0 Å². The third-order valence-corrected chi connectivity index (χ3v) is 3.15. The molecule has 96 valence electrons. The molecule has 1 aromatic carbocycles. The highest BCUT2D eigenvalue weighted by molar-refractivity contribution is 5.75. The minimum absolute atomic E-state index is 0.0465. The molecule has 0 N–H and O–H groups in total. The van der Waals surface area contributed by atoms with Crippen LogP contribution in [0, 0.1) is 5.92 Å². The number of ether oxygens (including phenoxy) is 1. The van der Waals surface area contributed by atoms with Gasteiger partial charge in [0.15, 0.2) is 0 Å². The van der Waals surface area contributed by atoms with Crippen molar-refractivity contribution < 1.29 is 9.53 Å². The summed E-state index contributed by atoms with van der Waals surface area (Å²) in [5.74, 6) is 0.695. The Morgan fingerprint density at radius 3 is 2.56 bits per heavy atom. The van der Waals surface area contributed by atoms with Crippen molar-refractivity contribution in [2.75, 3.05) is 6.61 Å². The normalized spacial score (nSPS) is 15.3. The Morgan fingerprint density at radius 2 is 2.00 bits per heavy atom.